The molecule has 778 valence electrons. The first-order valence-corrected chi connectivity index (χ1v) is 48.0. The molecule has 0 amide bonds. The van der Waals surface area contributed by atoms with Gasteiger partial charge in [-0.3, -0.25) is 9.59 Å². The van der Waals surface area contributed by atoms with Gasteiger partial charge in [-0.15, -0.1) is 0 Å². The predicted molar refractivity (Wildman–Crippen MR) is 453 cm³/mol. The molecule has 135 heavy (non-hydrogen) atoms. The molecule has 8 aliphatic heterocycles. The number of Topliss-reactive ketones (excluding diaryl/α,β-unsaturated/α-hetero) is 1. The zero-order chi connectivity index (χ0) is 98.6. The number of allylic oxidation sites excluding steroid dienone is 2. The number of unbranched alkanes of at least 4 members (excludes halogenated alkanes) is 7. The maximum atomic E-state index is 16.6. The number of ketones is 1. The third-order valence-electron chi connectivity index (χ3n) is 32.6. The Labute approximate surface area is 782 Å². The number of ether oxygens (including phenoxy) is 17. The Hall–Kier alpha value is -3.21. The Balaban J connectivity index is 0.736. The van der Waals surface area contributed by atoms with Gasteiger partial charge < -0.3 is 203 Å². The summed E-state index contributed by atoms with van der Waals surface area (Å²) < 4.78 is 103. The van der Waals surface area contributed by atoms with E-state index in [-0.39, 0.29) is 63.3 Å². The largest absolute Gasteiger partial charge is 0.455 e. The number of carbonyl (C=O) groups excluding carboxylic acids is 3. The van der Waals surface area contributed by atoms with E-state index in [1.807, 2.05) is 20.8 Å². The zero-order valence-corrected chi connectivity index (χ0v) is 78.0. The summed E-state index contributed by atoms with van der Waals surface area (Å²) in [5.74, 6) is -3.88. The van der Waals surface area contributed by atoms with Crippen molar-refractivity contribution in [2.75, 3.05) is 52.9 Å². The smallest absolute Gasteiger partial charge is 0.335 e. The number of rotatable bonds is 36. The molecule has 13 rings (SSSR count). The lowest BCUT2D eigenvalue weighted by Gasteiger charge is -2.72. The summed E-state index contributed by atoms with van der Waals surface area (Å²) in [7, 11) is 0. The van der Waals surface area contributed by atoms with Crippen LogP contribution in [0.15, 0.2) is 11.6 Å². The highest BCUT2D eigenvalue weighted by atomic mass is 16.8. The first kappa shape index (κ1) is 109. The molecule has 0 bridgehead atoms. The standard InChI is InChI=1S/C91H150O44/c1-39-54(100)59(105)65(111)77(124-39)119-28-18-14-10-11-15-19-42(95)20-16-12-13-17-21-45(96)75(116)130-70-41(3)126-82(72(71(70)132-80-66(112)60(106)56(102)48(32-92)127-80)133-79-68(114)62(108)69(40(2)125-79)131-78-64(110)58(104)50(35-122-78)129-83-73(115)90(118,37-94)38-123-83)135-84(117)91-27-26-85(4,5)29-44(91)43-22-23-52-86(6)30-46(97)74(87(7,36-93)51(86)24-25-88(52,8)89(43,9)31-53(91)99)134-81-67(113)61(107)57(103)49(128-81)34-121-76-63(109)55(101)47(98)33-120-76/h22,39-41,44-74,76-83,92-94,96-115,118H,10-21,23-38H2,1-9H3/t39-,40-,41+,44-,45+,46-,47-,48+,49+,50+,51+,52+,53+,54-,55-,56+,57+,58-,59+,60-,61-,62-,63+,64+,65+,66+,67+,68+,69-,70-,71-,72+,73-,74-,76-,77+,78-,79-,80-,81-,82-,83-,86-,87-,88+,89+,90+,91+/m0/s1. The minimum atomic E-state index is -2.27. The molecule has 0 spiro atoms. The van der Waals surface area contributed by atoms with Crippen molar-refractivity contribution in [3.8, 4) is 0 Å². The summed E-state index contributed by atoms with van der Waals surface area (Å²) >= 11 is 0. The molecule has 0 radical (unpaired) electrons. The number of aliphatic hydroxyl groups excluding tert-OH is 23. The van der Waals surface area contributed by atoms with Crippen molar-refractivity contribution in [2.24, 2.45) is 50.2 Å². The van der Waals surface area contributed by atoms with Crippen LogP contribution in [-0.2, 0) is 94.9 Å². The molecule has 5 aliphatic carbocycles. The molecule has 12 fully saturated rings. The van der Waals surface area contributed by atoms with Gasteiger partial charge in [0.15, 0.2) is 62.3 Å². The number of carbonyl (C=O) groups is 3. The van der Waals surface area contributed by atoms with Gasteiger partial charge in [0.2, 0.25) is 6.29 Å². The van der Waals surface area contributed by atoms with Crippen LogP contribution in [0.3, 0.4) is 0 Å². The molecule has 4 saturated carbocycles. The zero-order valence-electron chi connectivity index (χ0n) is 78.0. The Morgan fingerprint density at radius 3 is 1.70 bits per heavy atom. The van der Waals surface area contributed by atoms with E-state index in [0.717, 1.165) is 24.8 Å². The van der Waals surface area contributed by atoms with Crippen LogP contribution in [0.25, 0.3) is 0 Å². The van der Waals surface area contributed by atoms with E-state index < -0.39 is 348 Å². The molecule has 24 N–H and O–H groups in total. The molecule has 0 unspecified atom stereocenters. The molecule has 13 aliphatic rings. The highest BCUT2D eigenvalue weighted by Gasteiger charge is 2.74. The fourth-order valence-electron chi connectivity index (χ4n) is 24.1. The van der Waals surface area contributed by atoms with Crippen molar-refractivity contribution in [1.82, 2.24) is 0 Å². The number of hydrogen-bond acceptors (Lipinski definition) is 44. The van der Waals surface area contributed by atoms with Gasteiger partial charge in [0.05, 0.1) is 82.9 Å². The second-order valence-corrected chi connectivity index (χ2v) is 42.1. The predicted octanol–water partition coefficient (Wildman–Crippen LogP) is -5.67. The minimum absolute atomic E-state index is 0.00781. The highest BCUT2D eigenvalue weighted by molar-refractivity contribution is 5.80. The fourth-order valence-corrected chi connectivity index (χ4v) is 24.1. The van der Waals surface area contributed by atoms with Crippen LogP contribution in [0.4, 0.5) is 0 Å². The third-order valence-corrected chi connectivity index (χ3v) is 32.6. The third kappa shape index (κ3) is 21.8. The quantitative estimate of drug-likeness (QED) is 0.0120. The molecule has 8 saturated heterocycles. The molecular weight excluding hydrogens is 1800 g/mol. The van der Waals surface area contributed by atoms with E-state index in [4.69, 9.17) is 80.5 Å². The van der Waals surface area contributed by atoms with Gasteiger partial charge in [-0.05, 0) is 137 Å². The van der Waals surface area contributed by atoms with E-state index in [0.29, 0.717) is 64.2 Å². The van der Waals surface area contributed by atoms with Crippen LogP contribution in [-0.4, -0.2) is 438 Å². The molecule has 0 aromatic heterocycles. The molecule has 0 aromatic carbocycles. The monoisotopic (exact) mass is 1950 g/mol. The molecule has 44 heteroatoms. The van der Waals surface area contributed by atoms with Crippen LogP contribution < -0.4 is 0 Å². The second-order valence-electron chi connectivity index (χ2n) is 42.1. The minimum Gasteiger partial charge on any atom is -0.455 e. The van der Waals surface area contributed by atoms with Crippen molar-refractivity contribution in [3.63, 3.8) is 0 Å². The summed E-state index contributed by atoms with van der Waals surface area (Å²) in [6.07, 6.45) is -57.4. The van der Waals surface area contributed by atoms with Gasteiger partial charge >= 0.3 is 11.9 Å². The van der Waals surface area contributed by atoms with Crippen LogP contribution in [0.5, 0.6) is 0 Å². The average Bonchev–Trinajstić information content (AvgIpc) is 0.862. The lowest BCUT2D eigenvalue weighted by Crippen LogP contribution is -2.71. The normalized spacial score (nSPS) is 49.6. The van der Waals surface area contributed by atoms with Gasteiger partial charge in [0.1, 0.15) is 151 Å². The fraction of sp³-hybridized carbons (Fsp3) is 0.945. The summed E-state index contributed by atoms with van der Waals surface area (Å²) in [5.41, 5.74) is -7.58. The first-order valence-electron chi connectivity index (χ1n) is 48.0. The van der Waals surface area contributed by atoms with Gasteiger partial charge in [-0.25, -0.2) is 4.79 Å². The number of fused-ring (bicyclic) bond motifs is 7. The van der Waals surface area contributed by atoms with E-state index >= 15 is 4.79 Å². The Kier molecular flexibility index (Phi) is 35.9. The van der Waals surface area contributed by atoms with Crippen LogP contribution in [0.2, 0.25) is 0 Å². The number of hydrogen-bond donors (Lipinski definition) is 24. The van der Waals surface area contributed by atoms with Crippen molar-refractivity contribution >= 4 is 17.7 Å². The lowest BCUT2D eigenvalue weighted by molar-refractivity contribution is -0.392. The van der Waals surface area contributed by atoms with E-state index in [9.17, 15) is 132 Å². The SMILES string of the molecule is C[C@@H]1O[C@@H](OCCCCCCCC(=O)CCCCCC[C@@H](O)C(=O)O[C@@H]2[C@H](O[C@@H]3O[C@H](CO)[C@@H](O)[C@H](O)[C@H]3O)[C@@H](O[C@@H]3O[C@@H](C)[C@H](O[C@@H]4OC[C@@H](O[C@@H]5OC[C@](O)(CO)[C@H]5O)[C@H](O)[C@H]4O)[C@@H](O)[C@H]3O)[C@H](OC(=O)[C@]34CCC(C)(C)C[C@H]3C3=CC[C@@H]5[C@@]6(C)C[C@H](O)[C@H](O[C@@H]7O[C@H](CO[C@@H]8OC[C@H](O)[C@H](O)[C@H]8O)[C@@H](O)[C@H](O)[C@H]7O)[C@@](C)(CO)[C@@H]6CC[C@@]5(C)[C@]3(C)C[C@H]4O)O[C@@H]2C)[C@H](O)[C@H](O)[C@H]1O. The summed E-state index contributed by atoms with van der Waals surface area (Å²) in [4.78, 5) is 44.2. The Morgan fingerprint density at radius 1 is 0.467 bits per heavy atom. The summed E-state index contributed by atoms with van der Waals surface area (Å²) in [6, 6.07) is 0. The van der Waals surface area contributed by atoms with E-state index in [1.54, 1.807) is 13.8 Å². The highest BCUT2D eigenvalue weighted by Crippen LogP contribution is 2.76. The van der Waals surface area contributed by atoms with Crippen molar-refractivity contribution in [2.45, 2.75) is 436 Å². The molecule has 0 aromatic rings. The first-order chi connectivity index (χ1) is 63.6. The Bertz CT molecular complexity index is 3880. The van der Waals surface area contributed by atoms with Gasteiger partial charge in [0, 0.05) is 24.9 Å². The topological polar surface area (TPSA) is 694 Å². The lowest BCUT2D eigenvalue weighted by atomic mass is 9.33. The van der Waals surface area contributed by atoms with Crippen LogP contribution in [0, 0.1) is 50.2 Å². The maximum Gasteiger partial charge on any atom is 0.335 e. The van der Waals surface area contributed by atoms with Crippen molar-refractivity contribution in [3.05, 3.63) is 11.6 Å². The van der Waals surface area contributed by atoms with E-state index in [2.05, 4.69) is 19.9 Å². The number of esters is 2. The summed E-state index contributed by atoms with van der Waals surface area (Å²) in [6.45, 7) is 12.0. The van der Waals surface area contributed by atoms with Gasteiger partial charge in [0.25, 0.3) is 0 Å². The molecular formula is C91H150O44. The molecule has 8 heterocycles. The van der Waals surface area contributed by atoms with Gasteiger partial charge in [-0.1, -0.05) is 91.7 Å². The molecule has 48 atom stereocenters. The molecule has 44 nitrogen and oxygen atoms in total. The average molecular weight is 1950 g/mol. The number of aliphatic hydroxyl groups is 24. The second kappa shape index (κ2) is 44.4. The van der Waals surface area contributed by atoms with Crippen LogP contribution in [0.1, 0.15) is 191 Å². The Morgan fingerprint density at radius 2 is 1.03 bits per heavy atom. The van der Waals surface area contributed by atoms with E-state index in [1.165, 1.54) is 13.8 Å². The van der Waals surface area contributed by atoms with Gasteiger partial charge in [-0.2, -0.15) is 0 Å². The van der Waals surface area contributed by atoms with Crippen LogP contribution >= 0.6 is 0 Å². The maximum absolute atomic E-state index is 16.6. The summed E-state index contributed by atoms with van der Waals surface area (Å²) in [5, 5.41) is 268. The van der Waals surface area contributed by atoms with Crippen molar-refractivity contribution in [1.29, 1.82) is 0 Å². The van der Waals surface area contributed by atoms with Crippen molar-refractivity contribution < 1.29 is 217 Å².